The maximum atomic E-state index is 7.56. The number of allylic oxidation sites excluding steroid dienone is 1. The van der Waals surface area contributed by atoms with Gasteiger partial charge in [-0.05, 0) is 94.3 Å². The van der Waals surface area contributed by atoms with E-state index in [0.29, 0.717) is 0 Å². The van der Waals surface area contributed by atoms with E-state index in [-0.39, 0.29) is 0 Å². The van der Waals surface area contributed by atoms with Gasteiger partial charge in [0, 0.05) is 22.1 Å². The van der Waals surface area contributed by atoms with Crippen molar-refractivity contribution in [2.75, 3.05) is 0 Å². The molecule has 63 heavy (non-hydrogen) atoms. The number of rotatable bonds is 6. The monoisotopic (exact) mass is 802 g/mol. The van der Waals surface area contributed by atoms with Gasteiger partial charge in [-0.15, -0.1) is 0 Å². The first kappa shape index (κ1) is 36.8. The van der Waals surface area contributed by atoms with Gasteiger partial charge in [0.1, 0.15) is 11.5 Å². The van der Waals surface area contributed by atoms with Crippen LogP contribution in [0.1, 0.15) is 40.3 Å². The molecular weight excluding hydrogens is 761 g/mol. The normalized spacial score (nSPS) is 14.6. The third kappa shape index (κ3) is 5.30. The Bertz CT molecular complexity index is 3650. The zero-order valence-electron chi connectivity index (χ0n) is 35.0. The van der Waals surface area contributed by atoms with Crippen LogP contribution in [0.2, 0.25) is 0 Å². The van der Waals surface area contributed by atoms with Crippen molar-refractivity contribution in [3.05, 3.63) is 252 Å². The van der Waals surface area contributed by atoms with Crippen LogP contribution in [0.4, 0.5) is 0 Å². The van der Waals surface area contributed by atoms with Crippen LogP contribution in [0, 0.1) is 0 Å². The van der Waals surface area contributed by atoms with E-state index in [4.69, 9.17) is 4.74 Å². The highest BCUT2D eigenvalue weighted by atomic mass is 16.5. The van der Waals surface area contributed by atoms with Crippen molar-refractivity contribution in [1.29, 1.82) is 0 Å². The lowest BCUT2D eigenvalue weighted by atomic mass is 9.60. The summed E-state index contributed by atoms with van der Waals surface area (Å²) in [5.41, 5.74) is 10.7. The zero-order valence-corrected chi connectivity index (χ0v) is 35.0. The Labute approximate surface area is 367 Å². The number of fused-ring (bicyclic) bond motifs is 12. The molecule has 12 rings (SSSR count). The lowest BCUT2D eigenvalue weighted by Gasteiger charge is -2.44. The Kier molecular flexibility index (Phi) is 8.52. The minimum absolute atomic E-state index is 0.828. The van der Waals surface area contributed by atoms with E-state index in [1.807, 2.05) is 6.08 Å². The summed E-state index contributed by atoms with van der Waals surface area (Å²) in [5.74, 6) is 1.71. The minimum atomic E-state index is -0.828. The van der Waals surface area contributed by atoms with Crippen LogP contribution in [-0.4, -0.2) is 0 Å². The molecule has 1 atom stereocenters. The fourth-order valence-electron chi connectivity index (χ4n) is 11.0. The van der Waals surface area contributed by atoms with Crippen LogP contribution in [0.25, 0.3) is 88.3 Å². The molecule has 0 N–H and O–H groups in total. The summed E-state index contributed by atoms with van der Waals surface area (Å²) >= 11 is 0. The lowest BCUT2D eigenvalue weighted by molar-refractivity contribution is 0.443. The third-order valence-corrected chi connectivity index (χ3v) is 13.4. The summed E-state index contributed by atoms with van der Waals surface area (Å²) in [4.78, 5) is 0. The summed E-state index contributed by atoms with van der Waals surface area (Å²) in [5, 5.41) is 11.9. The molecule has 0 spiro atoms. The molecule has 0 saturated carbocycles. The van der Waals surface area contributed by atoms with E-state index < -0.39 is 5.41 Å². The van der Waals surface area contributed by atoms with Gasteiger partial charge in [-0.2, -0.15) is 0 Å². The molecule has 296 valence electrons. The molecule has 1 heteroatoms. The lowest BCUT2D eigenvalue weighted by Crippen LogP contribution is -2.35. The van der Waals surface area contributed by atoms with E-state index >= 15 is 0 Å². The Morgan fingerprint density at radius 1 is 0.365 bits per heavy atom. The quantitative estimate of drug-likeness (QED) is 0.152. The van der Waals surface area contributed by atoms with Gasteiger partial charge >= 0.3 is 0 Å². The van der Waals surface area contributed by atoms with Gasteiger partial charge in [-0.1, -0.05) is 231 Å². The van der Waals surface area contributed by atoms with Gasteiger partial charge in [0.15, 0.2) is 0 Å². The molecule has 11 aromatic carbocycles. The number of ether oxygens (including phenoxy) is 1. The van der Waals surface area contributed by atoms with Crippen LogP contribution in [-0.2, 0) is 5.41 Å². The first-order chi connectivity index (χ1) is 31.2. The van der Waals surface area contributed by atoms with Gasteiger partial charge in [-0.25, -0.2) is 0 Å². The predicted molar refractivity (Wildman–Crippen MR) is 268 cm³/mol. The maximum absolute atomic E-state index is 7.56. The maximum Gasteiger partial charge on any atom is 0.140 e. The molecule has 1 nitrogen and oxygen atoms in total. The SMILES string of the molecule is C=Cc1c2c(c3ccccc3c1/C=C\C)C(c1ccccc1)(c1ccc(-c3c(-c4ccccc4)c4ccccc4c4ccccc34)cc1)c1c(c3ccccc3c3ccccc13)O2. The Morgan fingerprint density at radius 3 is 1.32 bits per heavy atom. The highest BCUT2D eigenvalue weighted by molar-refractivity contribution is 6.22. The topological polar surface area (TPSA) is 9.23 Å². The molecule has 0 bridgehead atoms. The van der Waals surface area contributed by atoms with Crippen LogP contribution in [0.3, 0.4) is 0 Å². The highest BCUT2D eigenvalue weighted by Crippen LogP contribution is 2.62. The average Bonchev–Trinajstić information content (AvgIpc) is 3.36. The highest BCUT2D eigenvalue weighted by Gasteiger charge is 2.49. The second-order valence-corrected chi connectivity index (χ2v) is 16.6. The van der Waals surface area contributed by atoms with Crippen molar-refractivity contribution in [2.45, 2.75) is 12.3 Å². The molecule has 1 aliphatic heterocycles. The second-order valence-electron chi connectivity index (χ2n) is 16.6. The summed E-state index contributed by atoms with van der Waals surface area (Å²) in [6, 6.07) is 75.7. The van der Waals surface area contributed by atoms with Crippen LogP contribution < -0.4 is 4.74 Å². The molecule has 1 heterocycles. The minimum Gasteiger partial charge on any atom is -0.455 e. The van der Waals surface area contributed by atoms with Gasteiger partial charge in [0.05, 0.1) is 5.41 Å². The Hall–Kier alpha value is -8.00. The molecule has 1 aliphatic rings. The van der Waals surface area contributed by atoms with E-state index in [0.717, 1.165) is 55.5 Å². The molecule has 0 radical (unpaired) electrons. The second kappa shape index (κ2) is 14.6. The van der Waals surface area contributed by atoms with Crippen molar-refractivity contribution in [1.82, 2.24) is 0 Å². The summed E-state index contributed by atoms with van der Waals surface area (Å²) in [7, 11) is 0. The van der Waals surface area contributed by atoms with Crippen LogP contribution in [0.15, 0.2) is 219 Å². The van der Waals surface area contributed by atoms with E-state index in [1.165, 1.54) is 65.5 Å². The first-order valence-corrected chi connectivity index (χ1v) is 21.8. The van der Waals surface area contributed by atoms with Crippen molar-refractivity contribution < 1.29 is 4.74 Å². The predicted octanol–water partition coefficient (Wildman–Crippen LogP) is 17.0. The van der Waals surface area contributed by atoms with Crippen molar-refractivity contribution >= 4 is 66.0 Å². The molecule has 11 aromatic rings. The summed E-state index contributed by atoms with van der Waals surface area (Å²) in [6.45, 7) is 6.54. The molecule has 0 aliphatic carbocycles. The number of benzene rings is 11. The van der Waals surface area contributed by atoms with Gasteiger partial charge in [0.2, 0.25) is 0 Å². The Balaban J connectivity index is 1.26. The molecular formula is C62H42O. The van der Waals surface area contributed by atoms with Crippen LogP contribution >= 0.6 is 0 Å². The standard InChI is InChI=1S/C62H42O/c1-3-21-45-44(4-2)60-58(53-33-18-13-28-48(45)53)62(42-24-9-6-10-25-42,59-54-34-19-14-29-49(54)50-30-15-20-35-55(50)61(59)63-60)43-38-36-41(37-39-43)57-52-32-17-12-27-47(52)46-26-11-16-31-51(46)56(57)40-22-7-5-8-23-40/h3-39H,2H2,1H3/b21-3-. The van der Waals surface area contributed by atoms with E-state index in [2.05, 4.69) is 232 Å². The average molecular weight is 803 g/mol. The van der Waals surface area contributed by atoms with Crippen LogP contribution in [0.5, 0.6) is 11.5 Å². The smallest absolute Gasteiger partial charge is 0.140 e. The zero-order chi connectivity index (χ0) is 42.1. The number of hydrogen-bond donors (Lipinski definition) is 0. The summed E-state index contributed by atoms with van der Waals surface area (Å²) in [6.07, 6.45) is 6.31. The Morgan fingerprint density at radius 2 is 0.762 bits per heavy atom. The summed E-state index contributed by atoms with van der Waals surface area (Å²) < 4.78 is 7.56. The molecule has 1 unspecified atom stereocenters. The van der Waals surface area contributed by atoms with Crippen molar-refractivity contribution in [2.24, 2.45) is 0 Å². The van der Waals surface area contributed by atoms with E-state index in [9.17, 15) is 0 Å². The molecule has 0 fully saturated rings. The first-order valence-electron chi connectivity index (χ1n) is 21.8. The number of hydrogen-bond acceptors (Lipinski definition) is 1. The van der Waals surface area contributed by atoms with Gasteiger partial charge < -0.3 is 4.74 Å². The third-order valence-electron chi connectivity index (χ3n) is 13.4. The van der Waals surface area contributed by atoms with E-state index in [1.54, 1.807) is 0 Å². The molecule has 0 amide bonds. The fraction of sp³-hybridized carbons (Fsp3) is 0.0323. The molecule has 0 saturated heterocycles. The largest absolute Gasteiger partial charge is 0.455 e. The van der Waals surface area contributed by atoms with Crippen molar-refractivity contribution in [3.63, 3.8) is 0 Å². The van der Waals surface area contributed by atoms with Gasteiger partial charge in [0.25, 0.3) is 0 Å². The fourth-order valence-corrected chi connectivity index (χ4v) is 11.0. The van der Waals surface area contributed by atoms with Gasteiger partial charge in [-0.3, -0.25) is 0 Å². The van der Waals surface area contributed by atoms with Crippen molar-refractivity contribution in [3.8, 4) is 33.8 Å². The molecule has 0 aromatic heterocycles.